The van der Waals surface area contributed by atoms with E-state index in [4.69, 9.17) is 4.74 Å². The Morgan fingerprint density at radius 1 is 0.970 bits per heavy atom. The first-order valence-electron chi connectivity index (χ1n) is 11.0. The molecule has 0 aliphatic carbocycles. The minimum absolute atomic E-state index is 0.125. The van der Waals surface area contributed by atoms with Gasteiger partial charge in [0.05, 0.1) is 24.2 Å². The van der Waals surface area contributed by atoms with Gasteiger partial charge in [-0.05, 0) is 42.2 Å². The van der Waals surface area contributed by atoms with E-state index >= 15 is 0 Å². The molecular formula is C26H28N2O4S. The van der Waals surface area contributed by atoms with Crippen LogP contribution in [-0.2, 0) is 21.2 Å². The first-order valence-corrected chi connectivity index (χ1v) is 12.5. The lowest BCUT2D eigenvalue weighted by Gasteiger charge is -2.26. The number of carbonyl (C=O) groups excluding carboxylic acids is 1. The molecule has 1 atom stereocenters. The summed E-state index contributed by atoms with van der Waals surface area (Å²) in [7, 11) is -3.69. The minimum atomic E-state index is -3.69. The molecule has 6 nitrogen and oxygen atoms in total. The average molecular weight is 465 g/mol. The Labute approximate surface area is 195 Å². The molecule has 1 aliphatic rings. The van der Waals surface area contributed by atoms with Gasteiger partial charge in [-0.3, -0.25) is 4.79 Å². The number of morpholine rings is 1. The summed E-state index contributed by atoms with van der Waals surface area (Å²) in [6.07, 6.45) is 0.626. The predicted octanol–water partition coefficient (Wildman–Crippen LogP) is 3.73. The average Bonchev–Trinajstić information content (AvgIpc) is 2.85. The van der Waals surface area contributed by atoms with Crippen LogP contribution in [0.2, 0.25) is 0 Å². The largest absolute Gasteiger partial charge is 0.379 e. The monoisotopic (exact) mass is 464 g/mol. The van der Waals surface area contributed by atoms with Crippen molar-refractivity contribution in [3.05, 3.63) is 101 Å². The molecule has 7 heteroatoms. The van der Waals surface area contributed by atoms with Gasteiger partial charge < -0.3 is 10.1 Å². The molecule has 1 amide bonds. The molecule has 0 radical (unpaired) electrons. The summed E-state index contributed by atoms with van der Waals surface area (Å²) < 4.78 is 32.9. The zero-order chi connectivity index (χ0) is 23.3. The topological polar surface area (TPSA) is 75.7 Å². The maximum atomic E-state index is 13.4. The van der Waals surface area contributed by atoms with Crippen LogP contribution in [0.15, 0.2) is 83.8 Å². The maximum absolute atomic E-state index is 13.4. The molecule has 3 aromatic rings. The second-order valence-corrected chi connectivity index (χ2v) is 10.1. The van der Waals surface area contributed by atoms with Crippen molar-refractivity contribution in [3.63, 3.8) is 0 Å². The molecule has 0 aromatic heterocycles. The van der Waals surface area contributed by atoms with Crippen molar-refractivity contribution in [1.82, 2.24) is 9.62 Å². The van der Waals surface area contributed by atoms with Crippen LogP contribution in [-0.4, -0.2) is 44.9 Å². The lowest BCUT2D eigenvalue weighted by molar-refractivity contribution is 0.0730. The number of carbonyl (C=O) groups is 1. The summed E-state index contributed by atoms with van der Waals surface area (Å²) in [6, 6.07) is 24.3. The zero-order valence-electron chi connectivity index (χ0n) is 18.6. The Morgan fingerprint density at radius 2 is 1.61 bits per heavy atom. The van der Waals surface area contributed by atoms with Crippen LogP contribution >= 0.6 is 0 Å². The van der Waals surface area contributed by atoms with Crippen LogP contribution in [0.3, 0.4) is 0 Å². The molecule has 0 bridgehead atoms. The summed E-state index contributed by atoms with van der Waals surface area (Å²) in [4.78, 5) is 13.5. The lowest BCUT2D eigenvalue weighted by atomic mass is 9.98. The number of hydrogen-bond acceptors (Lipinski definition) is 4. The second kappa shape index (κ2) is 10.3. The summed E-state index contributed by atoms with van der Waals surface area (Å²) in [5, 5.41) is 3.13. The number of nitrogens with one attached hydrogen (secondary N) is 1. The van der Waals surface area contributed by atoms with Gasteiger partial charge in [-0.15, -0.1) is 0 Å². The molecule has 1 N–H and O–H groups in total. The van der Waals surface area contributed by atoms with Crippen LogP contribution in [0.5, 0.6) is 0 Å². The van der Waals surface area contributed by atoms with Gasteiger partial charge in [0.25, 0.3) is 5.91 Å². The third-order valence-electron chi connectivity index (χ3n) is 5.85. The van der Waals surface area contributed by atoms with Crippen molar-refractivity contribution >= 4 is 15.9 Å². The number of amides is 1. The smallest absolute Gasteiger partial charge is 0.252 e. The Hall–Kier alpha value is -3.00. The molecule has 1 fully saturated rings. The third-order valence-corrected chi connectivity index (χ3v) is 7.75. The van der Waals surface area contributed by atoms with E-state index in [9.17, 15) is 13.2 Å². The van der Waals surface area contributed by atoms with Gasteiger partial charge in [-0.1, -0.05) is 66.7 Å². The number of hydrogen-bond donors (Lipinski definition) is 1. The quantitative estimate of drug-likeness (QED) is 0.578. The van der Waals surface area contributed by atoms with E-state index < -0.39 is 10.0 Å². The molecule has 1 saturated heterocycles. The summed E-state index contributed by atoms with van der Waals surface area (Å²) in [5.74, 6) is -0.295. The maximum Gasteiger partial charge on any atom is 0.252 e. The van der Waals surface area contributed by atoms with Crippen molar-refractivity contribution in [3.8, 4) is 0 Å². The number of aryl methyl sites for hydroxylation is 1. The van der Waals surface area contributed by atoms with Crippen LogP contribution in [0.1, 0.15) is 33.1 Å². The standard InChI is InChI=1S/C26H28N2O4S/c1-20-12-13-23(33(30,31)28-14-16-32-17-15-28)19-24(20)26(29)27-25(22-10-6-3-7-11-22)18-21-8-4-2-5-9-21/h2-13,19,25H,14-18H2,1H3,(H,27,29)/t25-/m1/s1. The van der Waals surface area contributed by atoms with Gasteiger partial charge in [0.15, 0.2) is 0 Å². The molecule has 4 rings (SSSR count). The van der Waals surface area contributed by atoms with Gasteiger partial charge in [0.1, 0.15) is 0 Å². The molecular weight excluding hydrogens is 436 g/mol. The second-order valence-electron chi connectivity index (χ2n) is 8.12. The number of ether oxygens (including phenoxy) is 1. The van der Waals surface area contributed by atoms with E-state index in [1.54, 1.807) is 12.1 Å². The van der Waals surface area contributed by atoms with E-state index in [-0.39, 0.29) is 16.8 Å². The highest BCUT2D eigenvalue weighted by Crippen LogP contribution is 2.23. The molecule has 0 saturated carbocycles. The molecule has 0 spiro atoms. The van der Waals surface area contributed by atoms with Gasteiger partial charge in [-0.25, -0.2) is 8.42 Å². The van der Waals surface area contributed by atoms with Gasteiger partial charge in [0, 0.05) is 18.7 Å². The van der Waals surface area contributed by atoms with Crippen molar-refractivity contribution < 1.29 is 17.9 Å². The lowest BCUT2D eigenvalue weighted by Crippen LogP contribution is -2.40. The highest BCUT2D eigenvalue weighted by Gasteiger charge is 2.28. The Bertz CT molecular complexity index is 1190. The van der Waals surface area contributed by atoms with Gasteiger partial charge in [0.2, 0.25) is 10.0 Å². The fourth-order valence-corrected chi connectivity index (χ4v) is 5.40. The minimum Gasteiger partial charge on any atom is -0.379 e. The summed E-state index contributed by atoms with van der Waals surface area (Å²) in [5.41, 5.74) is 3.18. The van der Waals surface area contributed by atoms with E-state index in [2.05, 4.69) is 5.32 Å². The van der Waals surface area contributed by atoms with Crippen LogP contribution in [0.4, 0.5) is 0 Å². The van der Waals surface area contributed by atoms with E-state index in [0.29, 0.717) is 38.3 Å². The fraction of sp³-hybridized carbons (Fsp3) is 0.269. The number of rotatable bonds is 7. The third kappa shape index (κ3) is 5.50. The van der Waals surface area contributed by atoms with Gasteiger partial charge in [-0.2, -0.15) is 4.31 Å². The van der Waals surface area contributed by atoms with Crippen LogP contribution in [0, 0.1) is 6.92 Å². The molecule has 3 aromatic carbocycles. The summed E-state index contributed by atoms with van der Waals surface area (Å²) >= 11 is 0. The molecule has 33 heavy (non-hydrogen) atoms. The fourth-order valence-electron chi connectivity index (χ4n) is 3.97. The first kappa shape index (κ1) is 23.2. The molecule has 0 unspecified atom stereocenters. The van der Waals surface area contributed by atoms with E-state index in [1.165, 1.54) is 10.4 Å². The van der Waals surface area contributed by atoms with E-state index in [0.717, 1.165) is 16.7 Å². The summed E-state index contributed by atoms with van der Waals surface area (Å²) in [6.45, 7) is 3.18. The van der Waals surface area contributed by atoms with Crippen molar-refractivity contribution in [1.29, 1.82) is 0 Å². The number of benzene rings is 3. The van der Waals surface area contributed by atoms with Crippen molar-refractivity contribution in [2.45, 2.75) is 24.3 Å². The molecule has 172 valence electrons. The highest BCUT2D eigenvalue weighted by atomic mass is 32.2. The predicted molar refractivity (Wildman–Crippen MR) is 128 cm³/mol. The highest BCUT2D eigenvalue weighted by molar-refractivity contribution is 7.89. The SMILES string of the molecule is Cc1ccc(S(=O)(=O)N2CCOCC2)cc1C(=O)N[C@H](Cc1ccccc1)c1ccccc1. The Kier molecular flexibility index (Phi) is 7.23. The molecule has 1 aliphatic heterocycles. The number of sulfonamides is 1. The van der Waals surface area contributed by atoms with Crippen LogP contribution < -0.4 is 5.32 Å². The van der Waals surface area contributed by atoms with Crippen molar-refractivity contribution in [2.75, 3.05) is 26.3 Å². The van der Waals surface area contributed by atoms with Gasteiger partial charge >= 0.3 is 0 Å². The van der Waals surface area contributed by atoms with E-state index in [1.807, 2.05) is 67.6 Å². The normalized spacial score (nSPS) is 15.7. The zero-order valence-corrected chi connectivity index (χ0v) is 19.4. The number of nitrogens with zero attached hydrogens (tertiary/aromatic N) is 1. The van der Waals surface area contributed by atoms with Crippen LogP contribution in [0.25, 0.3) is 0 Å². The first-order chi connectivity index (χ1) is 15.9. The Morgan fingerprint density at radius 3 is 2.27 bits per heavy atom. The molecule has 1 heterocycles. The Balaban J connectivity index is 1.61. The van der Waals surface area contributed by atoms with Crippen molar-refractivity contribution in [2.24, 2.45) is 0 Å².